The molecule has 0 aliphatic carbocycles. The van der Waals surface area contributed by atoms with Gasteiger partial charge in [0.15, 0.2) is 5.11 Å². The van der Waals surface area contributed by atoms with Gasteiger partial charge in [0.25, 0.3) is 0 Å². The minimum Gasteiger partial charge on any atom is -0.465 e. The van der Waals surface area contributed by atoms with Crippen molar-refractivity contribution >= 4 is 29.0 Å². The molecule has 0 saturated heterocycles. The number of esters is 1. The van der Waals surface area contributed by atoms with E-state index in [1.807, 2.05) is 50.2 Å². The van der Waals surface area contributed by atoms with Crippen LogP contribution in [0.15, 0.2) is 48.5 Å². The topological polar surface area (TPSA) is 50.4 Å². The maximum atomic E-state index is 11.6. The third kappa shape index (κ3) is 4.53. The molecule has 0 radical (unpaired) electrons. The summed E-state index contributed by atoms with van der Waals surface area (Å²) >= 11 is 5.37. The van der Waals surface area contributed by atoms with E-state index in [0.717, 1.165) is 16.8 Å². The zero-order chi connectivity index (χ0) is 16.8. The number of anilines is 1. The van der Waals surface area contributed by atoms with E-state index in [1.54, 1.807) is 12.1 Å². The van der Waals surface area contributed by atoms with Crippen LogP contribution in [0.5, 0.6) is 0 Å². The molecule has 0 aliphatic heterocycles. The second kappa shape index (κ2) is 7.74. The standard InChI is InChI=1S/C18H20N2O2S/c1-12-9-10-15(17(21)22-3)11-16(12)20-18(23)19-13(2)14-7-5-4-6-8-14/h4-11,13H,1-3H3,(H2,19,20,23)/t13-/m0/s1. The van der Waals surface area contributed by atoms with Crippen LogP contribution in [-0.4, -0.2) is 18.2 Å². The van der Waals surface area contributed by atoms with Crippen LogP contribution in [-0.2, 0) is 4.74 Å². The Kier molecular flexibility index (Phi) is 5.71. The highest BCUT2D eigenvalue weighted by atomic mass is 32.1. The first-order valence-corrected chi connectivity index (χ1v) is 7.73. The van der Waals surface area contributed by atoms with Crippen LogP contribution in [0.4, 0.5) is 5.69 Å². The number of carbonyl (C=O) groups excluding carboxylic acids is 1. The average Bonchev–Trinajstić information content (AvgIpc) is 2.56. The molecule has 0 spiro atoms. The van der Waals surface area contributed by atoms with Gasteiger partial charge in [0, 0.05) is 5.69 Å². The van der Waals surface area contributed by atoms with Crippen molar-refractivity contribution in [2.45, 2.75) is 19.9 Å². The fourth-order valence-electron chi connectivity index (χ4n) is 2.18. The van der Waals surface area contributed by atoms with Gasteiger partial charge in [0.05, 0.1) is 18.7 Å². The first-order valence-electron chi connectivity index (χ1n) is 7.32. The predicted molar refractivity (Wildman–Crippen MR) is 96.7 cm³/mol. The Morgan fingerprint density at radius 1 is 1.17 bits per heavy atom. The van der Waals surface area contributed by atoms with Gasteiger partial charge in [-0.05, 0) is 49.3 Å². The minimum atomic E-state index is -0.371. The molecule has 0 aliphatic rings. The zero-order valence-electron chi connectivity index (χ0n) is 13.4. The van der Waals surface area contributed by atoms with Crippen molar-refractivity contribution < 1.29 is 9.53 Å². The monoisotopic (exact) mass is 328 g/mol. The zero-order valence-corrected chi connectivity index (χ0v) is 14.2. The third-order valence-corrected chi connectivity index (χ3v) is 3.77. The molecule has 4 nitrogen and oxygen atoms in total. The highest BCUT2D eigenvalue weighted by molar-refractivity contribution is 7.80. The number of hydrogen-bond acceptors (Lipinski definition) is 3. The SMILES string of the molecule is COC(=O)c1ccc(C)c(NC(=S)N[C@@H](C)c2ccccc2)c1. The van der Waals surface area contributed by atoms with E-state index in [1.165, 1.54) is 7.11 Å². The highest BCUT2D eigenvalue weighted by Gasteiger charge is 2.10. The molecular formula is C18H20N2O2S. The van der Waals surface area contributed by atoms with Crippen molar-refractivity contribution in [2.24, 2.45) is 0 Å². The van der Waals surface area contributed by atoms with Crippen molar-refractivity contribution in [1.82, 2.24) is 5.32 Å². The molecule has 1 atom stereocenters. The van der Waals surface area contributed by atoms with Gasteiger partial charge >= 0.3 is 5.97 Å². The summed E-state index contributed by atoms with van der Waals surface area (Å²) in [7, 11) is 1.36. The van der Waals surface area contributed by atoms with Gasteiger partial charge in [-0.2, -0.15) is 0 Å². The molecule has 0 unspecified atom stereocenters. The second-order valence-electron chi connectivity index (χ2n) is 5.25. The minimum absolute atomic E-state index is 0.0836. The molecule has 2 N–H and O–H groups in total. The molecule has 0 bridgehead atoms. The maximum absolute atomic E-state index is 11.6. The van der Waals surface area contributed by atoms with Crippen LogP contribution in [0.3, 0.4) is 0 Å². The number of rotatable bonds is 4. The predicted octanol–water partition coefficient (Wildman–Crippen LogP) is 3.83. The van der Waals surface area contributed by atoms with Gasteiger partial charge in [0.2, 0.25) is 0 Å². The molecule has 2 aromatic carbocycles. The normalized spacial score (nSPS) is 11.4. The molecule has 23 heavy (non-hydrogen) atoms. The molecule has 5 heteroatoms. The lowest BCUT2D eigenvalue weighted by molar-refractivity contribution is 0.0601. The summed E-state index contributed by atoms with van der Waals surface area (Å²) < 4.78 is 4.74. The quantitative estimate of drug-likeness (QED) is 0.660. The maximum Gasteiger partial charge on any atom is 0.337 e. The van der Waals surface area contributed by atoms with Crippen LogP contribution in [0.1, 0.15) is 34.5 Å². The Labute approximate surface area is 141 Å². The number of hydrogen-bond donors (Lipinski definition) is 2. The number of methoxy groups -OCH3 is 1. The molecule has 120 valence electrons. The molecule has 0 heterocycles. The Hall–Kier alpha value is -2.40. The summed E-state index contributed by atoms with van der Waals surface area (Å²) in [6, 6.07) is 15.5. The molecule has 0 fully saturated rings. The van der Waals surface area contributed by atoms with Crippen molar-refractivity contribution in [3.8, 4) is 0 Å². The lowest BCUT2D eigenvalue weighted by Crippen LogP contribution is -2.31. The highest BCUT2D eigenvalue weighted by Crippen LogP contribution is 2.18. The van der Waals surface area contributed by atoms with Gasteiger partial charge in [0.1, 0.15) is 0 Å². The lowest BCUT2D eigenvalue weighted by Gasteiger charge is -2.18. The smallest absolute Gasteiger partial charge is 0.337 e. The van der Waals surface area contributed by atoms with E-state index in [9.17, 15) is 4.79 Å². The average molecular weight is 328 g/mol. The number of aryl methyl sites for hydroxylation is 1. The molecule has 2 rings (SSSR count). The lowest BCUT2D eigenvalue weighted by atomic mass is 10.1. The molecule has 0 saturated carbocycles. The van der Waals surface area contributed by atoms with E-state index < -0.39 is 0 Å². The van der Waals surface area contributed by atoms with Crippen molar-refractivity contribution in [2.75, 3.05) is 12.4 Å². The van der Waals surface area contributed by atoms with E-state index in [-0.39, 0.29) is 12.0 Å². The molecular weight excluding hydrogens is 308 g/mol. The number of ether oxygens (including phenoxy) is 1. The van der Waals surface area contributed by atoms with E-state index >= 15 is 0 Å². The van der Waals surface area contributed by atoms with E-state index in [0.29, 0.717) is 10.7 Å². The van der Waals surface area contributed by atoms with Crippen molar-refractivity contribution in [1.29, 1.82) is 0 Å². The number of thiocarbonyl (C=S) groups is 1. The van der Waals surface area contributed by atoms with Crippen LogP contribution >= 0.6 is 12.2 Å². The first kappa shape index (κ1) is 17.0. The van der Waals surface area contributed by atoms with Crippen molar-refractivity contribution in [3.63, 3.8) is 0 Å². The van der Waals surface area contributed by atoms with Crippen LogP contribution in [0.25, 0.3) is 0 Å². The largest absolute Gasteiger partial charge is 0.465 e. The van der Waals surface area contributed by atoms with Crippen LogP contribution in [0.2, 0.25) is 0 Å². The van der Waals surface area contributed by atoms with Gasteiger partial charge in [-0.3, -0.25) is 0 Å². The second-order valence-corrected chi connectivity index (χ2v) is 5.66. The number of nitrogens with one attached hydrogen (secondary N) is 2. The first-order chi connectivity index (χ1) is 11.0. The Bertz CT molecular complexity index is 701. The van der Waals surface area contributed by atoms with Crippen molar-refractivity contribution in [3.05, 3.63) is 65.2 Å². The van der Waals surface area contributed by atoms with E-state index in [2.05, 4.69) is 10.6 Å². The number of carbonyl (C=O) groups is 1. The van der Waals surface area contributed by atoms with Crippen LogP contribution in [0, 0.1) is 6.92 Å². The Morgan fingerprint density at radius 2 is 1.87 bits per heavy atom. The summed E-state index contributed by atoms with van der Waals surface area (Å²) in [5.41, 5.74) is 3.41. The third-order valence-electron chi connectivity index (χ3n) is 3.55. The summed E-state index contributed by atoms with van der Waals surface area (Å²) in [5.74, 6) is -0.371. The van der Waals surface area contributed by atoms with Gasteiger partial charge < -0.3 is 15.4 Å². The fraction of sp³-hybridized carbons (Fsp3) is 0.222. The summed E-state index contributed by atoms with van der Waals surface area (Å²) in [4.78, 5) is 11.6. The summed E-state index contributed by atoms with van der Waals surface area (Å²) in [5, 5.41) is 6.89. The summed E-state index contributed by atoms with van der Waals surface area (Å²) in [6.07, 6.45) is 0. The van der Waals surface area contributed by atoms with Gasteiger partial charge in [-0.15, -0.1) is 0 Å². The van der Waals surface area contributed by atoms with E-state index in [4.69, 9.17) is 17.0 Å². The van der Waals surface area contributed by atoms with Crippen LogP contribution < -0.4 is 10.6 Å². The van der Waals surface area contributed by atoms with Gasteiger partial charge in [-0.1, -0.05) is 36.4 Å². The molecule has 0 aromatic heterocycles. The Morgan fingerprint density at radius 3 is 2.52 bits per heavy atom. The Balaban J connectivity index is 2.06. The number of benzene rings is 2. The van der Waals surface area contributed by atoms with Gasteiger partial charge in [-0.25, -0.2) is 4.79 Å². The summed E-state index contributed by atoms with van der Waals surface area (Å²) in [6.45, 7) is 3.99. The fourth-order valence-corrected chi connectivity index (χ4v) is 2.47. The molecule has 2 aromatic rings. The molecule has 0 amide bonds.